The zero-order valence-electron chi connectivity index (χ0n) is 17.9. The highest BCUT2D eigenvalue weighted by Gasteiger charge is 2.27. The Morgan fingerprint density at radius 3 is 2.59 bits per heavy atom. The van der Waals surface area contributed by atoms with Gasteiger partial charge in [0.2, 0.25) is 0 Å². The van der Waals surface area contributed by atoms with Gasteiger partial charge in [0, 0.05) is 31.7 Å². The number of benzene rings is 2. The predicted octanol–water partition coefficient (Wildman–Crippen LogP) is 4.13. The van der Waals surface area contributed by atoms with Crippen LogP contribution in [0.25, 0.3) is 33.8 Å². The van der Waals surface area contributed by atoms with Crippen LogP contribution >= 0.6 is 0 Å². The Morgan fingerprint density at radius 2 is 1.81 bits per heavy atom. The molecule has 0 saturated carbocycles. The van der Waals surface area contributed by atoms with Gasteiger partial charge >= 0.3 is 6.09 Å². The number of aromatic amines is 2. The van der Waals surface area contributed by atoms with E-state index in [0.29, 0.717) is 23.0 Å². The van der Waals surface area contributed by atoms with Crippen LogP contribution in [0.1, 0.15) is 29.5 Å². The number of ether oxygens (including phenoxy) is 1. The number of imidazole rings is 1. The van der Waals surface area contributed by atoms with Gasteiger partial charge in [-0.05, 0) is 43.0 Å². The third kappa shape index (κ3) is 3.23. The minimum atomic E-state index is -0.348. The maximum atomic E-state index is 12.9. The maximum Gasteiger partial charge on any atom is 0.415 e. The summed E-state index contributed by atoms with van der Waals surface area (Å²) >= 11 is 0. The summed E-state index contributed by atoms with van der Waals surface area (Å²) in [6, 6.07) is 12.3. The van der Waals surface area contributed by atoms with Crippen molar-refractivity contribution < 1.29 is 9.53 Å². The number of rotatable bonds is 3. The summed E-state index contributed by atoms with van der Waals surface area (Å²) < 4.78 is 5.94. The zero-order valence-corrected chi connectivity index (χ0v) is 17.9. The molecule has 1 amide bonds. The second-order valence-electron chi connectivity index (χ2n) is 8.53. The number of likely N-dealkylation sites (tertiary alicyclic amines) is 1. The lowest BCUT2D eigenvalue weighted by atomic mass is 10.1. The molecule has 0 aliphatic carbocycles. The van der Waals surface area contributed by atoms with Crippen molar-refractivity contribution in [2.75, 3.05) is 13.1 Å². The first kappa shape index (κ1) is 19.1. The number of fused-ring (bicyclic) bond motifs is 2. The smallest absolute Gasteiger partial charge is 0.405 e. The van der Waals surface area contributed by atoms with Crippen LogP contribution < -0.4 is 10.1 Å². The molecule has 32 heavy (non-hydrogen) atoms. The highest BCUT2D eigenvalue weighted by molar-refractivity contribution is 5.85. The van der Waals surface area contributed by atoms with Gasteiger partial charge in [-0.15, -0.1) is 0 Å². The first-order valence-electron chi connectivity index (χ1n) is 11.0. The van der Waals surface area contributed by atoms with Gasteiger partial charge in [0.15, 0.2) is 11.6 Å². The molecule has 0 unspecified atom stereocenters. The SMILES string of the molecule is Cc1ccc(-c2n[nH]c(-c3nc4cc5c(cc4[nH]3)CNC5)c2OC(=O)N2CCCC2)cc1. The van der Waals surface area contributed by atoms with E-state index >= 15 is 0 Å². The summed E-state index contributed by atoms with van der Waals surface area (Å²) in [5.41, 5.74) is 7.57. The molecule has 1 fully saturated rings. The quantitative estimate of drug-likeness (QED) is 0.456. The number of carbonyl (C=O) groups excluding carboxylic acids is 1. The van der Waals surface area contributed by atoms with Gasteiger partial charge < -0.3 is 19.9 Å². The fourth-order valence-electron chi connectivity index (χ4n) is 4.47. The average molecular weight is 428 g/mol. The van der Waals surface area contributed by atoms with E-state index in [1.165, 1.54) is 11.1 Å². The van der Waals surface area contributed by atoms with Crippen LogP contribution in [-0.4, -0.2) is 44.2 Å². The van der Waals surface area contributed by atoms with E-state index in [4.69, 9.17) is 9.72 Å². The molecule has 2 aromatic carbocycles. The number of nitrogens with one attached hydrogen (secondary N) is 3. The van der Waals surface area contributed by atoms with E-state index in [1.54, 1.807) is 4.90 Å². The van der Waals surface area contributed by atoms with Crippen molar-refractivity contribution in [2.45, 2.75) is 32.9 Å². The Kier molecular flexibility index (Phi) is 4.46. The van der Waals surface area contributed by atoms with E-state index in [1.807, 2.05) is 31.2 Å². The first-order chi connectivity index (χ1) is 15.7. The Labute approximate surface area is 185 Å². The second-order valence-corrected chi connectivity index (χ2v) is 8.53. The Balaban J connectivity index is 1.44. The molecule has 0 bridgehead atoms. The van der Waals surface area contributed by atoms with Crippen molar-refractivity contribution >= 4 is 17.1 Å². The molecule has 8 nitrogen and oxygen atoms in total. The van der Waals surface area contributed by atoms with E-state index in [9.17, 15) is 4.79 Å². The van der Waals surface area contributed by atoms with Crippen LogP contribution in [0.2, 0.25) is 0 Å². The molecule has 0 spiro atoms. The Bertz CT molecular complexity index is 1270. The second kappa shape index (κ2) is 7.49. The number of amides is 1. The zero-order chi connectivity index (χ0) is 21.7. The van der Waals surface area contributed by atoms with Gasteiger partial charge in [-0.25, -0.2) is 9.78 Å². The van der Waals surface area contributed by atoms with Crippen LogP contribution in [0.5, 0.6) is 5.75 Å². The van der Waals surface area contributed by atoms with Crippen LogP contribution in [0, 0.1) is 6.92 Å². The number of hydrogen-bond acceptors (Lipinski definition) is 5. The van der Waals surface area contributed by atoms with Crippen LogP contribution in [0.4, 0.5) is 4.79 Å². The molecule has 2 aliphatic rings. The topological polar surface area (TPSA) is 98.9 Å². The fourth-order valence-corrected chi connectivity index (χ4v) is 4.47. The first-order valence-corrected chi connectivity index (χ1v) is 11.0. The highest BCUT2D eigenvalue weighted by Crippen LogP contribution is 2.37. The number of hydrogen-bond donors (Lipinski definition) is 3. The summed E-state index contributed by atoms with van der Waals surface area (Å²) in [6.07, 6.45) is 1.65. The molecule has 2 aliphatic heterocycles. The molecule has 0 atom stereocenters. The van der Waals surface area contributed by atoms with Crippen molar-refractivity contribution in [3.8, 4) is 28.5 Å². The molecule has 4 heterocycles. The minimum Gasteiger partial charge on any atom is -0.405 e. The third-order valence-corrected chi connectivity index (χ3v) is 6.27. The fraction of sp³-hybridized carbons (Fsp3) is 0.292. The van der Waals surface area contributed by atoms with E-state index in [2.05, 4.69) is 32.6 Å². The normalized spacial score (nSPS) is 15.5. The lowest BCUT2D eigenvalue weighted by Gasteiger charge is -2.15. The molecular weight excluding hydrogens is 404 g/mol. The minimum absolute atomic E-state index is 0.348. The van der Waals surface area contributed by atoms with Crippen LogP contribution in [-0.2, 0) is 13.1 Å². The molecule has 3 N–H and O–H groups in total. The van der Waals surface area contributed by atoms with Crippen molar-refractivity contribution in [3.05, 3.63) is 53.1 Å². The van der Waals surface area contributed by atoms with Crippen molar-refractivity contribution in [2.24, 2.45) is 0 Å². The van der Waals surface area contributed by atoms with Crippen LogP contribution in [0.3, 0.4) is 0 Å². The number of nitrogens with zero attached hydrogens (tertiary/aromatic N) is 3. The molecule has 162 valence electrons. The molecule has 1 saturated heterocycles. The maximum absolute atomic E-state index is 12.9. The van der Waals surface area contributed by atoms with Crippen LogP contribution in [0.15, 0.2) is 36.4 Å². The monoisotopic (exact) mass is 428 g/mol. The molecule has 0 radical (unpaired) electrons. The largest absolute Gasteiger partial charge is 0.415 e. The number of aromatic nitrogens is 4. The summed E-state index contributed by atoms with van der Waals surface area (Å²) in [5, 5.41) is 10.9. The Hall–Kier alpha value is -3.65. The lowest BCUT2D eigenvalue weighted by Crippen LogP contribution is -2.30. The summed E-state index contributed by atoms with van der Waals surface area (Å²) in [7, 11) is 0. The third-order valence-electron chi connectivity index (χ3n) is 6.27. The molecule has 4 aromatic rings. The van der Waals surface area contributed by atoms with E-state index < -0.39 is 0 Å². The predicted molar refractivity (Wildman–Crippen MR) is 121 cm³/mol. The van der Waals surface area contributed by atoms with Crippen molar-refractivity contribution in [3.63, 3.8) is 0 Å². The van der Waals surface area contributed by atoms with Crippen molar-refractivity contribution in [1.29, 1.82) is 0 Å². The summed E-state index contributed by atoms with van der Waals surface area (Å²) in [5.74, 6) is 1.01. The number of carbonyl (C=O) groups is 1. The van der Waals surface area contributed by atoms with Gasteiger partial charge in [-0.3, -0.25) is 5.10 Å². The van der Waals surface area contributed by atoms with Crippen molar-refractivity contribution in [1.82, 2.24) is 30.4 Å². The summed E-state index contributed by atoms with van der Waals surface area (Å²) in [6.45, 7) is 5.19. The van der Waals surface area contributed by atoms with Gasteiger partial charge in [0.25, 0.3) is 0 Å². The molecule has 8 heteroatoms. The van der Waals surface area contributed by atoms with Gasteiger partial charge in [-0.1, -0.05) is 29.8 Å². The number of H-pyrrole nitrogens is 2. The van der Waals surface area contributed by atoms with Gasteiger partial charge in [0.05, 0.1) is 11.0 Å². The lowest BCUT2D eigenvalue weighted by molar-refractivity contribution is 0.163. The van der Waals surface area contributed by atoms with Gasteiger partial charge in [0.1, 0.15) is 11.4 Å². The summed E-state index contributed by atoms with van der Waals surface area (Å²) in [4.78, 5) is 22.8. The standard InChI is InChI=1S/C24H24N6O2/c1-14-4-6-15(7-5-14)20-22(32-24(31)30-8-2-3-9-30)21(29-28-20)23-26-18-10-16-12-25-13-17(16)11-19(18)27-23/h4-7,10-11,25H,2-3,8-9,12-13H2,1H3,(H,26,27)(H,28,29). The van der Waals surface area contributed by atoms with Gasteiger partial charge in [-0.2, -0.15) is 5.10 Å². The molecule has 2 aromatic heterocycles. The molecular formula is C24H24N6O2. The number of aryl methyl sites for hydroxylation is 1. The van der Waals surface area contributed by atoms with E-state index in [-0.39, 0.29) is 6.09 Å². The molecule has 6 rings (SSSR count). The van der Waals surface area contributed by atoms with E-state index in [0.717, 1.165) is 61.2 Å². The Morgan fingerprint density at radius 1 is 1.06 bits per heavy atom. The average Bonchev–Trinajstić information content (AvgIpc) is 3.57. The highest BCUT2D eigenvalue weighted by atomic mass is 16.6.